The van der Waals surface area contributed by atoms with Crippen LogP contribution in [0.25, 0.3) is 0 Å². The monoisotopic (exact) mass is 267 g/mol. The van der Waals surface area contributed by atoms with Crippen LogP contribution >= 0.6 is 0 Å². The molecular formula is C15H25NO3. The van der Waals surface area contributed by atoms with Crippen molar-refractivity contribution in [3.05, 3.63) is 12.7 Å². The van der Waals surface area contributed by atoms with Crippen molar-refractivity contribution in [1.29, 1.82) is 0 Å². The normalized spacial score (nSPS) is 18.1. The largest absolute Gasteiger partial charge is 0.464 e. The van der Waals surface area contributed by atoms with E-state index < -0.39 is 6.04 Å². The van der Waals surface area contributed by atoms with Gasteiger partial charge in [-0.05, 0) is 25.7 Å². The zero-order valence-electron chi connectivity index (χ0n) is 11.7. The van der Waals surface area contributed by atoms with Crippen molar-refractivity contribution >= 4 is 11.9 Å². The number of nitrogens with one attached hydrogen (secondary N) is 1. The van der Waals surface area contributed by atoms with E-state index in [2.05, 4.69) is 11.9 Å². The van der Waals surface area contributed by atoms with E-state index in [-0.39, 0.29) is 11.9 Å². The van der Waals surface area contributed by atoms with E-state index in [1.165, 1.54) is 25.7 Å². The molecule has 0 radical (unpaired) electrons. The van der Waals surface area contributed by atoms with Gasteiger partial charge in [-0.2, -0.15) is 0 Å². The SMILES string of the molecule is C=CCCCCCCCCOC(=O)[C@@H]1CCC(=O)N1. The minimum atomic E-state index is -0.411. The van der Waals surface area contributed by atoms with Crippen molar-refractivity contribution in [3.63, 3.8) is 0 Å². The second-order valence-electron chi connectivity index (χ2n) is 5.02. The molecule has 108 valence electrons. The van der Waals surface area contributed by atoms with Crippen molar-refractivity contribution in [2.45, 2.75) is 63.8 Å². The van der Waals surface area contributed by atoms with Gasteiger partial charge in [-0.3, -0.25) is 4.79 Å². The lowest BCUT2D eigenvalue weighted by Crippen LogP contribution is -2.34. The number of hydrogen-bond acceptors (Lipinski definition) is 3. The van der Waals surface area contributed by atoms with Crippen molar-refractivity contribution in [2.75, 3.05) is 6.61 Å². The van der Waals surface area contributed by atoms with Gasteiger partial charge in [-0.1, -0.05) is 31.8 Å². The molecule has 1 amide bonds. The quantitative estimate of drug-likeness (QED) is 0.376. The highest BCUT2D eigenvalue weighted by atomic mass is 16.5. The van der Waals surface area contributed by atoms with Crippen LogP contribution in [0, 0.1) is 0 Å². The van der Waals surface area contributed by atoms with Crippen LogP contribution in [-0.2, 0) is 14.3 Å². The van der Waals surface area contributed by atoms with E-state index >= 15 is 0 Å². The standard InChI is InChI=1S/C15H25NO3/c1-2-3-4-5-6-7-8-9-12-19-15(18)13-10-11-14(17)16-13/h2,13H,1,3-12H2,(H,16,17)/t13-/m0/s1. The number of rotatable bonds is 10. The predicted octanol–water partition coefficient (Wildman–Crippen LogP) is 2.72. The fraction of sp³-hybridized carbons (Fsp3) is 0.733. The van der Waals surface area contributed by atoms with Gasteiger partial charge in [0.2, 0.25) is 5.91 Å². The van der Waals surface area contributed by atoms with Gasteiger partial charge in [0.25, 0.3) is 0 Å². The second-order valence-corrected chi connectivity index (χ2v) is 5.02. The summed E-state index contributed by atoms with van der Waals surface area (Å²) in [5.41, 5.74) is 0. The van der Waals surface area contributed by atoms with E-state index in [1.807, 2.05) is 6.08 Å². The van der Waals surface area contributed by atoms with Gasteiger partial charge in [0.15, 0.2) is 0 Å². The Bertz CT molecular complexity index is 302. The van der Waals surface area contributed by atoms with Gasteiger partial charge in [0.1, 0.15) is 6.04 Å². The van der Waals surface area contributed by atoms with E-state index in [0.717, 1.165) is 19.3 Å². The highest BCUT2D eigenvalue weighted by Crippen LogP contribution is 2.10. The summed E-state index contributed by atoms with van der Waals surface area (Å²) in [6.07, 6.45) is 11.0. The Labute approximate surface area is 115 Å². The molecule has 1 rings (SSSR count). The molecule has 0 bridgehead atoms. The van der Waals surface area contributed by atoms with Gasteiger partial charge in [0, 0.05) is 6.42 Å². The number of unbranched alkanes of at least 4 members (excludes halogenated alkanes) is 6. The zero-order valence-corrected chi connectivity index (χ0v) is 11.7. The summed E-state index contributed by atoms with van der Waals surface area (Å²) in [6.45, 7) is 4.17. The molecule has 0 spiro atoms. The Morgan fingerprint density at radius 2 is 1.95 bits per heavy atom. The molecule has 1 saturated heterocycles. The van der Waals surface area contributed by atoms with Gasteiger partial charge >= 0.3 is 5.97 Å². The fourth-order valence-electron chi connectivity index (χ4n) is 2.16. The summed E-state index contributed by atoms with van der Waals surface area (Å²) in [4.78, 5) is 22.5. The highest BCUT2D eigenvalue weighted by molar-refractivity contribution is 5.87. The van der Waals surface area contributed by atoms with Crippen molar-refractivity contribution in [1.82, 2.24) is 5.32 Å². The molecule has 1 fully saturated rings. The van der Waals surface area contributed by atoms with Crippen molar-refractivity contribution in [3.8, 4) is 0 Å². The molecule has 1 aliphatic heterocycles. The highest BCUT2D eigenvalue weighted by Gasteiger charge is 2.28. The van der Waals surface area contributed by atoms with E-state index in [1.54, 1.807) is 0 Å². The summed E-state index contributed by atoms with van der Waals surface area (Å²) < 4.78 is 5.15. The number of carbonyl (C=O) groups excluding carboxylic acids is 2. The Morgan fingerprint density at radius 1 is 1.26 bits per heavy atom. The number of ether oxygens (including phenoxy) is 1. The lowest BCUT2D eigenvalue weighted by molar-refractivity contribution is -0.146. The second kappa shape index (κ2) is 9.59. The number of esters is 1. The van der Waals surface area contributed by atoms with Gasteiger partial charge in [-0.25, -0.2) is 4.79 Å². The van der Waals surface area contributed by atoms with Crippen molar-refractivity contribution in [2.24, 2.45) is 0 Å². The summed E-state index contributed by atoms with van der Waals surface area (Å²) in [5.74, 6) is -0.335. The summed E-state index contributed by atoms with van der Waals surface area (Å²) >= 11 is 0. The van der Waals surface area contributed by atoms with Crippen LogP contribution in [0.15, 0.2) is 12.7 Å². The number of hydrogen-bond donors (Lipinski definition) is 1. The first kappa shape index (κ1) is 15.7. The maximum absolute atomic E-state index is 11.6. The number of amides is 1. The minimum absolute atomic E-state index is 0.0542. The maximum Gasteiger partial charge on any atom is 0.328 e. The molecule has 0 aliphatic carbocycles. The Hall–Kier alpha value is -1.32. The van der Waals surface area contributed by atoms with Crippen molar-refractivity contribution < 1.29 is 14.3 Å². The topological polar surface area (TPSA) is 55.4 Å². The minimum Gasteiger partial charge on any atom is -0.464 e. The third-order valence-electron chi connectivity index (χ3n) is 3.33. The van der Waals surface area contributed by atoms with Crippen LogP contribution in [-0.4, -0.2) is 24.5 Å². The molecule has 0 saturated carbocycles. The molecule has 0 aromatic heterocycles. The third-order valence-corrected chi connectivity index (χ3v) is 3.33. The van der Waals surface area contributed by atoms with Crippen LogP contribution in [0.4, 0.5) is 0 Å². The average molecular weight is 267 g/mol. The zero-order chi connectivity index (χ0) is 13.9. The van der Waals surface area contributed by atoms with Crippen LogP contribution in [0.2, 0.25) is 0 Å². The first-order chi connectivity index (χ1) is 9.24. The molecular weight excluding hydrogens is 242 g/mol. The molecule has 0 unspecified atom stereocenters. The first-order valence-electron chi connectivity index (χ1n) is 7.31. The molecule has 0 aromatic carbocycles. The Kier molecular flexibility index (Phi) is 7.94. The molecule has 1 N–H and O–H groups in total. The predicted molar refractivity (Wildman–Crippen MR) is 74.6 cm³/mol. The lowest BCUT2D eigenvalue weighted by atomic mass is 10.1. The number of allylic oxidation sites excluding steroid dienone is 1. The summed E-state index contributed by atoms with van der Waals surface area (Å²) in [7, 11) is 0. The van der Waals surface area contributed by atoms with Crippen LogP contribution in [0.1, 0.15) is 57.8 Å². The van der Waals surface area contributed by atoms with Crippen LogP contribution in [0.3, 0.4) is 0 Å². The van der Waals surface area contributed by atoms with Gasteiger partial charge in [0.05, 0.1) is 6.61 Å². The van der Waals surface area contributed by atoms with Gasteiger partial charge < -0.3 is 10.1 Å². The summed E-state index contributed by atoms with van der Waals surface area (Å²) in [6, 6.07) is -0.411. The molecule has 0 aromatic rings. The fourth-order valence-corrected chi connectivity index (χ4v) is 2.16. The molecule has 4 nitrogen and oxygen atoms in total. The molecule has 1 aliphatic rings. The molecule has 19 heavy (non-hydrogen) atoms. The number of carbonyl (C=O) groups is 2. The van der Waals surface area contributed by atoms with E-state index in [0.29, 0.717) is 19.4 Å². The lowest BCUT2D eigenvalue weighted by Gasteiger charge is -2.09. The molecule has 1 atom stereocenters. The van der Waals surface area contributed by atoms with Crippen LogP contribution < -0.4 is 5.32 Å². The average Bonchev–Trinajstić information content (AvgIpc) is 2.83. The maximum atomic E-state index is 11.6. The van der Waals surface area contributed by atoms with E-state index in [4.69, 9.17) is 4.74 Å². The summed E-state index contributed by atoms with van der Waals surface area (Å²) in [5, 5.41) is 2.61. The smallest absolute Gasteiger partial charge is 0.328 e. The van der Waals surface area contributed by atoms with Gasteiger partial charge in [-0.15, -0.1) is 6.58 Å². The van der Waals surface area contributed by atoms with Crippen LogP contribution in [0.5, 0.6) is 0 Å². The van der Waals surface area contributed by atoms with E-state index in [9.17, 15) is 9.59 Å². The first-order valence-corrected chi connectivity index (χ1v) is 7.31. The Morgan fingerprint density at radius 3 is 2.58 bits per heavy atom. The third kappa shape index (κ3) is 6.99. The molecule has 4 heteroatoms. The Balaban J connectivity index is 1.89. The molecule has 1 heterocycles.